The molecule has 1 aliphatic rings. The number of benzene rings is 1. The molecule has 1 saturated heterocycles. The highest BCUT2D eigenvalue weighted by Gasteiger charge is 2.14. The number of hydrogen-bond donors (Lipinski definition) is 1. The van der Waals surface area contributed by atoms with Gasteiger partial charge in [-0.05, 0) is 62.6 Å². The highest BCUT2D eigenvalue weighted by molar-refractivity contribution is 6.04. The lowest BCUT2D eigenvalue weighted by Gasteiger charge is -2.27. The van der Waals surface area contributed by atoms with E-state index >= 15 is 0 Å². The molecule has 0 spiro atoms. The standard InChI is InChI=1S/C25H28N4O3/c1-2-31-23-15-20(8-10-22(23)32-18-19-7-6-12-26-16-19)25(30)28-21-9-11-24(27-17-21)29-13-4-3-5-14-29/h6-12,15-17H,2-5,13-14,18H2,1H3,(H,28,30). The predicted octanol–water partition coefficient (Wildman–Crippen LogP) is 4.70. The van der Waals surface area contributed by atoms with Crippen LogP contribution < -0.4 is 19.7 Å². The minimum absolute atomic E-state index is 0.225. The fourth-order valence-electron chi connectivity index (χ4n) is 3.65. The predicted molar refractivity (Wildman–Crippen MR) is 124 cm³/mol. The lowest BCUT2D eigenvalue weighted by Crippen LogP contribution is -2.30. The molecule has 32 heavy (non-hydrogen) atoms. The molecule has 0 unspecified atom stereocenters. The Bertz CT molecular complexity index is 1020. The van der Waals surface area contributed by atoms with Crippen LogP contribution in [0.2, 0.25) is 0 Å². The molecule has 3 aromatic rings. The molecule has 1 amide bonds. The Kier molecular flexibility index (Phi) is 7.17. The van der Waals surface area contributed by atoms with Crippen LogP contribution in [-0.4, -0.2) is 35.6 Å². The zero-order valence-electron chi connectivity index (χ0n) is 18.3. The zero-order valence-corrected chi connectivity index (χ0v) is 18.3. The smallest absolute Gasteiger partial charge is 0.255 e. The molecule has 0 atom stereocenters. The van der Waals surface area contributed by atoms with E-state index in [1.165, 1.54) is 19.3 Å². The van der Waals surface area contributed by atoms with Crippen molar-refractivity contribution < 1.29 is 14.3 Å². The maximum absolute atomic E-state index is 12.8. The quantitative estimate of drug-likeness (QED) is 0.556. The van der Waals surface area contributed by atoms with Crippen molar-refractivity contribution in [1.82, 2.24) is 9.97 Å². The van der Waals surface area contributed by atoms with E-state index in [-0.39, 0.29) is 5.91 Å². The Labute approximate surface area is 188 Å². The number of amides is 1. The lowest BCUT2D eigenvalue weighted by atomic mass is 10.1. The van der Waals surface area contributed by atoms with Crippen LogP contribution in [0.3, 0.4) is 0 Å². The van der Waals surface area contributed by atoms with E-state index in [0.717, 1.165) is 24.5 Å². The van der Waals surface area contributed by atoms with E-state index in [1.807, 2.05) is 31.2 Å². The topological polar surface area (TPSA) is 76.6 Å². The van der Waals surface area contributed by atoms with E-state index < -0.39 is 0 Å². The molecule has 166 valence electrons. The van der Waals surface area contributed by atoms with Crippen molar-refractivity contribution in [2.45, 2.75) is 32.8 Å². The summed E-state index contributed by atoms with van der Waals surface area (Å²) >= 11 is 0. The number of hydrogen-bond acceptors (Lipinski definition) is 6. The van der Waals surface area contributed by atoms with Crippen LogP contribution in [0.4, 0.5) is 11.5 Å². The molecule has 0 aliphatic carbocycles. The van der Waals surface area contributed by atoms with Crippen molar-refractivity contribution in [1.29, 1.82) is 0 Å². The number of anilines is 2. The van der Waals surface area contributed by atoms with Gasteiger partial charge in [0.05, 0.1) is 18.5 Å². The third-order valence-corrected chi connectivity index (χ3v) is 5.31. The third kappa shape index (κ3) is 5.55. The van der Waals surface area contributed by atoms with Gasteiger partial charge in [0.2, 0.25) is 0 Å². The summed E-state index contributed by atoms with van der Waals surface area (Å²) in [4.78, 5) is 23.7. The second-order valence-corrected chi connectivity index (χ2v) is 7.65. The molecule has 1 fully saturated rings. The molecule has 1 aromatic carbocycles. The molecule has 7 heteroatoms. The SMILES string of the molecule is CCOc1cc(C(=O)Nc2ccc(N3CCCCC3)nc2)ccc1OCc1cccnc1. The number of carbonyl (C=O) groups excluding carboxylic acids is 1. The van der Waals surface area contributed by atoms with Gasteiger partial charge in [-0.2, -0.15) is 0 Å². The van der Waals surface area contributed by atoms with Crippen LogP contribution in [0.15, 0.2) is 61.1 Å². The molecule has 3 heterocycles. The number of ether oxygens (including phenoxy) is 2. The number of nitrogens with zero attached hydrogens (tertiary/aromatic N) is 3. The summed E-state index contributed by atoms with van der Waals surface area (Å²) in [5, 5.41) is 2.91. The molecule has 7 nitrogen and oxygen atoms in total. The third-order valence-electron chi connectivity index (χ3n) is 5.31. The van der Waals surface area contributed by atoms with Crippen molar-refractivity contribution in [3.63, 3.8) is 0 Å². The fraction of sp³-hybridized carbons (Fsp3) is 0.320. The first-order valence-electron chi connectivity index (χ1n) is 11.0. The van der Waals surface area contributed by atoms with Crippen molar-refractivity contribution in [2.24, 2.45) is 0 Å². The Balaban J connectivity index is 1.41. The van der Waals surface area contributed by atoms with Crippen LogP contribution in [0.25, 0.3) is 0 Å². The normalized spacial score (nSPS) is 13.5. The Hall–Kier alpha value is -3.61. The Morgan fingerprint density at radius 2 is 1.91 bits per heavy atom. The number of rotatable bonds is 8. The van der Waals surface area contributed by atoms with Gasteiger partial charge in [0.1, 0.15) is 12.4 Å². The number of nitrogens with one attached hydrogen (secondary N) is 1. The van der Waals surface area contributed by atoms with Gasteiger partial charge in [-0.3, -0.25) is 9.78 Å². The van der Waals surface area contributed by atoms with Gasteiger partial charge in [0, 0.05) is 36.6 Å². The monoisotopic (exact) mass is 432 g/mol. The number of pyridine rings is 2. The lowest BCUT2D eigenvalue weighted by molar-refractivity contribution is 0.102. The Morgan fingerprint density at radius 1 is 1.03 bits per heavy atom. The highest BCUT2D eigenvalue weighted by Crippen LogP contribution is 2.30. The summed E-state index contributed by atoms with van der Waals surface area (Å²) in [6.45, 7) is 4.81. The average molecular weight is 433 g/mol. The van der Waals surface area contributed by atoms with E-state index in [9.17, 15) is 4.79 Å². The second kappa shape index (κ2) is 10.6. The number of carbonyl (C=O) groups is 1. The molecular formula is C25H28N4O3. The summed E-state index contributed by atoms with van der Waals surface area (Å²) in [7, 11) is 0. The summed E-state index contributed by atoms with van der Waals surface area (Å²) in [6, 6.07) is 12.8. The summed E-state index contributed by atoms with van der Waals surface area (Å²) in [5.74, 6) is 1.84. The van der Waals surface area contributed by atoms with E-state index in [1.54, 1.807) is 36.8 Å². The van der Waals surface area contributed by atoms with Gasteiger partial charge in [-0.25, -0.2) is 4.98 Å². The van der Waals surface area contributed by atoms with Crippen molar-refractivity contribution >= 4 is 17.4 Å². The summed E-state index contributed by atoms with van der Waals surface area (Å²) < 4.78 is 11.6. The van der Waals surface area contributed by atoms with Gasteiger partial charge < -0.3 is 19.7 Å². The van der Waals surface area contributed by atoms with Crippen LogP contribution in [0.1, 0.15) is 42.1 Å². The first-order chi connectivity index (χ1) is 15.7. The van der Waals surface area contributed by atoms with Gasteiger partial charge in [-0.1, -0.05) is 6.07 Å². The van der Waals surface area contributed by atoms with Gasteiger partial charge >= 0.3 is 0 Å². The van der Waals surface area contributed by atoms with Crippen molar-refractivity contribution in [3.05, 3.63) is 72.2 Å². The first-order valence-corrected chi connectivity index (χ1v) is 11.0. The van der Waals surface area contributed by atoms with Gasteiger partial charge in [-0.15, -0.1) is 0 Å². The molecule has 4 rings (SSSR count). The van der Waals surface area contributed by atoms with Crippen LogP contribution in [0, 0.1) is 0 Å². The number of aromatic nitrogens is 2. The van der Waals surface area contributed by atoms with Crippen molar-refractivity contribution in [2.75, 3.05) is 29.9 Å². The van der Waals surface area contributed by atoms with Gasteiger partial charge in [0.25, 0.3) is 5.91 Å². The largest absolute Gasteiger partial charge is 0.490 e. The fourth-order valence-corrected chi connectivity index (χ4v) is 3.65. The minimum atomic E-state index is -0.225. The summed E-state index contributed by atoms with van der Waals surface area (Å²) in [5.41, 5.74) is 2.10. The summed E-state index contributed by atoms with van der Waals surface area (Å²) in [6.07, 6.45) is 8.86. The average Bonchev–Trinajstić information content (AvgIpc) is 2.85. The molecule has 0 radical (unpaired) electrons. The minimum Gasteiger partial charge on any atom is -0.490 e. The van der Waals surface area contributed by atoms with Crippen LogP contribution in [0.5, 0.6) is 11.5 Å². The molecule has 0 saturated carbocycles. The molecule has 2 aromatic heterocycles. The van der Waals surface area contributed by atoms with E-state index in [0.29, 0.717) is 36.0 Å². The molecule has 1 aliphatic heterocycles. The second-order valence-electron chi connectivity index (χ2n) is 7.65. The van der Waals surface area contributed by atoms with E-state index in [4.69, 9.17) is 9.47 Å². The Morgan fingerprint density at radius 3 is 2.62 bits per heavy atom. The maximum atomic E-state index is 12.8. The molecular weight excluding hydrogens is 404 g/mol. The van der Waals surface area contributed by atoms with Crippen molar-refractivity contribution in [3.8, 4) is 11.5 Å². The first kappa shape index (κ1) is 21.6. The highest BCUT2D eigenvalue weighted by atomic mass is 16.5. The maximum Gasteiger partial charge on any atom is 0.255 e. The zero-order chi connectivity index (χ0) is 22.2. The van der Waals surface area contributed by atoms with Crippen LogP contribution >= 0.6 is 0 Å². The van der Waals surface area contributed by atoms with Crippen LogP contribution in [-0.2, 0) is 6.61 Å². The molecule has 0 bridgehead atoms. The number of piperidine rings is 1. The molecule has 1 N–H and O–H groups in total. The van der Waals surface area contributed by atoms with Gasteiger partial charge in [0.15, 0.2) is 11.5 Å². The van der Waals surface area contributed by atoms with E-state index in [2.05, 4.69) is 20.2 Å².